The predicted molar refractivity (Wildman–Crippen MR) is 118 cm³/mol. The number of Topliss-reactive ketones (excluding diaryl/α,β-unsaturated/α-hetero) is 1. The average molecular weight is 442 g/mol. The molecule has 0 spiro atoms. The molecular weight excluding hydrogens is 414 g/mol. The van der Waals surface area contributed by atoms with E-state index in [-0.39, 0.29) is 18.3 Å². The molecular formula is C24H27NO5S. The highest BCUT2D eigenvalue weighted by Crippen LogP contribution is 2.47. The van der Waals surface area contributed by atoms with E-state index in [1.807, 2.05) is 37.4 Å². The van der Waals surface area contributed by atoms with Crippen LogP contribution in [0.2, 0.25) is 0 Å². The van der Waals surface area contributed by atoms with E-state index >= 15 is 0 Å². The Balaban J connectivity index is 1.68. The van der Waals surface area contributed by atoms with Gasteiger partial charge in [-0.05, 0) is 43.8 Å². The van der Waals surface area contributed by atoms with E-state index in [0.717, 1.165) is 11.5 Å². The van der Waals surface area contributed by atoms with Crippen LogP contribution in [-0.2, 0) is 19.1 Å². The zero-order chi connectivity index (χ0) is 22.0. The van der Waals surface area contributed by atoms with Crippen molar-refractivity contribution in [2.24, 2.45) is 5.92 Å². The molecule has 0 fully saturated rings. The lowest BCUT2D eigenvalue weighted by Gasteiger charge is -2.38. The van der Waals surface area contributed by atoms with E-state index in [9.17, 15) is 9.59 Å². The number of ether oxygens (including phenoxy) is 2. The van der Waals surface area contributed by atoms with Crippen molar-refractivity contribution in [2.75, 3.05) is 19.8 Å². The minimum atomic E-state index is -0.742. The van der Waals surface area contributed by atoms with Gasteiger partial charge in [-0.2, -0.15) is 0 Å². The molecule has 7 heteroatoms. The number of ketones is 1. The molecule has 0 radical (unpaired) electrons. The molecule has 1 N–H and O–H groups in total. The van der Waals surface area contributed by atoms with E-state index in [2.05, 4.69) is 18.0 Å². The number of esters is 1. The number of nitrogens with one attached hydrogen (secondary N) is 1. The monoisotopic (exact) mass is 441 g/mol. The van der Waals surface area contributed by atoms with E-state index < -0.39 is 17.8 Å². The lowest BCUT2D eigenvalue weighted by atomic mass is 9.71. The second-order valence-electron chi connectivity index (χ2n) is 7.85. The SMILES string of the molecule is C=C1NC2=C(C(=O)CC(c3cccs3)C2)C(c2ccc(C)o2)C1C(=O)OCCOCC. The van der Waals surface area contributed by atoms with Gasteiger partial charge in [0.2, 0.25) is 0 Å². The normalized spacial score (nSPS) is 23.5. The topological polar surface area (TPSA) is 77.8 Å². The summed E-state index contributed by atoms with van der Waals surface area (Å²) in [5, 5.41) is 5.30. The molecule has 0 saturated heterocycles. The van der Waals surface area contributed by atoms with Crippen LogP contribution in [0.15, 0.2) is 57.6 Å². The molecule has 2 aromatic heterocycles. The highest BCUT2D eigenvalue weighted by Gasteiger charge is 2.46. The van der Waals surface area contributed by atoms with Gasteiger partial charge in [0.15, 0.2) is 5.78 Å². The number of aryl methyl sites for hydroxylation is 1. The minimum Gasteiger partial charge on any atom is -0.466 e. The van der Waals surface area contributed by atoms with Gasteiger partial charge in [0.05, 0.1) is 12.5 Å². The van der Waals surface area contributed by atoms with Gasteiger partial charge < -0.3 is 19.2 Å². The van der Waals surface area contributed by atoms with E-state index in [1.54, 1.807) is 11.3 Å². The minimum absolute atomic E-state index is 0.0332. The largest absolute Gasteiger partial charge is 0.466 e. The Bertz CT molecular complexity index is 1000. The molecule has 4 rings (SSSR count). The number of hydrogen-bond acceptors (Lipinski definition) is 7. The van der Waals surface area contributed by atoms with Gasteiger partial charge >= 0.3 is 5.97 Å². The summed E-state index contributed by atoms with van der Waals surface area (Å²) in [6, 6.07) is 7.75. The summed E-state index contributed by atoms with van der Waals surface area (Å²) in [4.78, 5) is 27.6. The second-order valence-corrected chi connectivity index (χ2v) is 8.83. The van der Waals surface area contributed by atoms with Crippen LogP contribution in [0.25, 0.3) is 0 Å². The van der Waals surface area contributed by atoms with Crippen molar-refractivity contribution >= 4 is 23.1 Å². The van der Waals surface area contributed by atoms with Crippen LogP contribution in [0.1, 0.15) is 48.0 Å². The number of carbonyl (C=O) groups excluding carboxylic acids is 2. The summed E-state index contributed by atoms with van der Waals surface area (Å²) in [5.74, 6) is -0.254. The Hall–Kier alpha value is -2.64. The van der Waals surface area contributed by atoms with Crippen molar-refractivity contribution in [3.8, 4) is 0 Å². The number of hydrogen-bond donors (Lipinski definition) is 1. The Labute approximate surface area is 185 Å². The lowest BCUT2D eigenvalue weighted by Crippen LogP contribution is -2.42. The zero-order valence-corrected chi connectivity index (χ0v) is 18.6. The maximum atomic E-state index is 13.4. The van der Waals surface area contributed by atoms with Crippen molar-refractivity contribution in [2.45, 2.75) is 38.5 Å². The summed E-state index contributed by atoms with van der Waals surface area (Å²) in [6.45, 7) is 8.89. The first-order valence-corrected chi connectivity index (χ1v) is 11.4. The first-order chi connectivity index (χ1) is 15.0. The summed E-state index contributed by atoms with van der Waals surface area (Å²) >= 11 is 1.66. The molecule has 2 aliphatic rings. The molecule has 0 amide bonds. The summed E-state index contributed by atoms with van der Waals surface area (Å²) in [5.41, 5.74) is 1.97. The predicted octanol–water partition coefficient (Wildman–Crippen LogP) is 4.45. The Kier molecular flexibility index (Phi) is 6.43. The third-order valence-corrected chi connectivity index (χ3v) is 6.82. The van der Waals surface area contributed by atoms with Gasteiger partial charge in [-0.3, -0.25) is 9.59 Å². The summed E-state index contributed by atoms with van der Waals surface area (Å²) < 4.78 is 16.6. The van der Waals surface area contributed by atoms with Crippen LogP contribution in [0.3, 0.4) is 0 Å². The smallest absolute Gasteiger partial charge is 0.316 e. The number of rotatable bonds is 7. The first-order valence-electron chi connectivity index (χ1n) is 10.6. The summed E-state index contributed by atoms with van der Waals surface area (Å²) in [6.07, 6.45) is 1.11. The van der Waals surface area contributed by atoms with Crippen LogP contribution >= 0.6 is 11.3 Å². The third kappa shape index (κ3) is 4.38. The van der Waals surface area contributed by atoms with Gasteiger partial charge in [-0.15, -0.1) is 11.3 Å². The van der Waals surface area contributed by atoms with Gasteiger partial charge in [0, 0.05) is 40.8 Å². The highest BCUT2D eigenvalue weighted by atomic mass is 32.1. The number of carbonyl (C=O) groups is 2. The van der Waals surface area contributed by atoms with Crippen molar-refractivity contribution < 1.29 is 23.5 Å². The van der Waals surface area contributed by atoms with E-state index in [1.165, 1.54) is 4.88 Å². The Morgan fingerprint density at radius 3 is 2.81 bits per heavy atom. The second kappa shape index (κ2) is 9.24. The molecule has 3 heterocycles. The van der Waals surface area contributed by atoms with Gasteiger partial charge in [-0.1, -0.05) is 12.6 Å². The zero-order valence-electron chi connectivity index (χ0n) is 17.8. The molecule has 3 atom stereocenters. The summed E-state index contributed by atoms with van der Waals surface area (Å²) in [7, 11) is 0. The molecule has 2 aromatic rings. The molecule has 31 heavy (non-hydrogen) atoms. The van der Waals surface area contributed by atoms with Crippen LogP contribution in [0.5, 0.6) is 0 Å². The van der Waals surface area contributed by atoms with Crippen molar-refractivity contribution in [1.82, 2.24) is 5.32 Å². The molecule has 0 aromatic carbocycles. The van der Waals surface area contributed by atoms with E-state index in [0.29, 0.717) is 43.1 Å². The van der Waals surface area contributed by atoms with Gasteiger partial charge in [-0.25, -0.2) is 0 Å². The van der Waals surface area contributed by atoms with Crippen LogP contribution in [-0.4, -0.2) is 31.6 Å². The van der Waals surface area contributed by atoms with Crippen molar-refractivity contribution in [3.63, 3.8) is 0 Å². The van der Waals surface area contributed by atoms with Crippen LogP contribution < -0.4 is 5.32 Å². The Morgan fingerprint density at radius 2 is 2.13 bits per heavy atom. The maximum Gasteiger partial charge on any atom is 0.316 e. The highest BCUT2D eigenvalue weighted by molar-refractivity contribution is 7.10. The van der Waals surface area contributed by atoms with Crippen molar-refractivity contribution in [3.05, 3.63) is 69.6 Å². The van der Waals surface area contributed by atoms with Crippen molar-refractivity contribution in [1.29, 1.82) is 0 Å². The molecule has 0 saturated carbocycles. The van der Waals surface area contributed by atoms with E-state index in [4.69, 9.17) is 13.9 Å². The number of furan rings is 1. The quantitative estimate of drug-likeness (QED) is 0.505. The lowest BCUT2D eigenvalue weighted by molar-refractivity contribution is -0.149. The fraction of sp³-hybridized carbons (Fsp3) is 0.417. The molecule has 3 unspecified atom stereocenters. The van der Waals surface area contributed by atoms with Crippen LogP contribution in [0, 0.1) is 12.8 Å². The Morgan fingerprint density at radius 1 is 1.29 bits per heavy atom. The molecule has 0 bridgehead atoms. The molecule has 1 aliphatic carbocycles. The standard InChI is InChI=1S/C24H27NO5S/c1-4-28-9-10-29-24(27)21-15(3)25-17-12-16(20-6-5-11-31-20)13-18(26)22(17)23(21)19-8-7-14(2)30-19/h5-8,11,16,21,23,25H,3-4,9-10,12-13H2,1-2H3. The fourth-order valence-corrected chi connectivity index (χ4v) is 5.25. The molecule has 1 aliphatic heterocycles. The first kappa shape index (κ1) is 21.6. The fourth-order valence-electron chi connectivity index (χ4n) is 4.41. The third-order valence-electron chi connectivity index (χ3n) is 5.78. The number of allylic oxidation sites excluding steroid dienone is 2. The molecule has 6 nitrogen and oxygen atoms in total. The maximum absolute atomic E-state index is 13.4. The van der Waals surface area contributed by atoms with Crippen LogP contribution in [0.4, 0.5) is 0 Å². The van der Waals surface area contributed by atoms with Gasteiger partial charge in [0.1, 0.15) is 24.0 Å². The van der Waals surface area contributed by atoms with Gasteiger partial charge in [0.25, 0.3) is 0 Å². The average Bonchev–Trinajstić information content (AvgIpc) is 3.42. The number of thiophene rings is 1. The molecule has 164 valence electrons.